The van der Waals surface area contributed by atoms with Gasteiger partial charge < -0.3 is 14.2 Å². The van der Waals surface area contributed by atoms with Crippen LogP contribution in [0.3, 0.4) is 0 Å². The summed E-state index contributed by atoms with van der Waals surface area (Å²) in [4.78, 5) is 29.2. The summed E-state index contributed by atoms with van der Waals surface area (Å²) >= 11 is 0. The van der Waals surface area contributed by atoms with E-state index >= 15 is 0 Å². The third-order valence-electron chi connectivity index (χ3n) is 5.89. The number of hydrogen-bond acceptors (Lipinski definition) is 5. The molecule has 0 aliphatic carbocycles. The van der Waals surface area contributed by atoms with Crippen LogP contribution in [0.5, 0.6) is 0 Å². The zero-order valence-corrected chi connectivity index (χ0v) is 19.8. The average molecular weight is 482 g/mol. The molecular weight excluding hydrogens is 454 g/mol. The monoisotopic (exact) mass is 481 g/mol. The van der Waals surface area contributed by atoms with Crippen LogP contribution < -0.4 is 4.72 Å². The molecule has 0 spiro atoms. The van der Waals surface area contributed by atoms with Gasteiger partial charge in [0.05, 0.1) is 17.7 Å². The largest absolute Gasteiger partial charge is 0.468 e. The molecule has 2 amide bonds. The molecule has 178 valence electrons. The lowest BCUT2D eigenvalue weighted by Gasteiger charge is -2.35. The van der Waals surface area contributed by atoms with Crippen LogP contribution in [0, 0.1) is 0 Å². The summed E-state index contributed by atoms with van der Waals surface area (Å²) < 4.78 is 32.6. The maximum absolute atomic E-state index is 12.9. The van der Waals surface area contributed by atoms with E-state index in [1.807, 2.05) is 24.3 Å². The number of piperazine rings is 1. The molecular formula is C25H27N3O5S. The van der Waals surface area contributed by atoms with Crippen molar-refractivity contribution in [3.05, 3.63) is 89.4 Å². The number of nitrogens with one attached hydrogen (secondary N) is 1. The van der Waals surface area contributed by atoms with Gasteiger partial charge in [0, 0.05) is 37.3 Å². The number of carbonyl (C=O) groups is 2. The van der Waals surface area contributed by atoms with Crippen molar-refractivity contribution in [3.63, 3.8) is 0 Å². The van der Waals surface area contributed by atoms with Crippen molar-refractivity contribution in [2.45, 2.75) is 24.8 Å². The average Bonchev–Trinajstić information content (AvgIpc) is 3.41. The van der Waals surface area contributed by atoms with Crippen LogP contribution in [0.1, 0.15) is 39.0 Å². The summed E-state index contributed by atoms with van der Waals surface area (Å²) in [5.41, 5.74) is 2.23. The number of rotatable bonds is 7. The topological polar surface area (TPSA) is 99.9 Å². The predicted molar refractivity (Wildman–Crippen MR) is 127 cm³/mol. The Bertz CT molecular complexity index is 1230. The molecule has 2 heterocycles. The maximum atomic E-state index is 12.9. The highest BCUT2D eigenvalue weighted by Crippen LogP contribution is 2.16. The lowest BCUT2D eigenvalue weighted by atomic mass is 10.1. The van der Waals surface area contributed by atoms with Gasteiger partial charge >= 0.3 is 0 Å². The summed E-state index contributed by atoms with van der Waals surface area (Å²) in [6, 6.07) is 16.8. The van der Waals surface area contributed by atoms with Crippen molar-refractivity contribution >= 4 is 21.8 Å². The third-order valence-corrected chi connectivity index (χ3v) is 7.31. The van der Waals surface area contributed by atoms with Crippen LogP contribution in [-0.2, 0) is 23.0 Å². The van der Waals surface area contributed by atoms with Crippen LogP contribution >= 0.6 is 0 Å². The number of benzene rings is 2. The van der Waals surface area contributed by atoms with Gasteiger partial charge in [0.15, 0.2) is 0 Å². The van der Waals surface area contributed by atoms with Crippen LogP contribution in [0.2, 0.25) is 0 Å². The molecule has 1 aromatic heterocycles. The summed E-state index contributed by atoms with van der Waals surface area (Å²) in [5.74, 6) is 0.282. The molecule has 9 heteroatoms. The molecule has 1 saturated heterocycles. The fourth-order valence-corrected chi connectivity index (χ4v) is 4.79. The zero-order chi connectivity index (χ0) is 24.1. The van der Waals surface area contributed by atoms with E-state index in [1.54, 1.807) is 21.9 Å². The van der Waals surface area contributed by atoms with Gasteiger partial charge in [0.1, 0.15) is 5.76 Å². The molecule has 1 aliphatic rings. The molecule has 0 bridgehead atoms. The highest BCUT2D eigenvalue weighted by atomic mass is 32.2. The van der Waals surface area contributed by atoms with Crippen molar-refractivity contribution in [2.24, 2.45) is 0 Å². The second-order valence-electron chi connectivity index (χ2n) is 8.06. The van der Waals surface area contributed by atoms with E-state index in [1.165, 1.54) is 36.1 Å². The van der Waals surface area contributed by atoms with Crippen molar-refractivity contribution in [2.75, 3.05) is 26.2 Å². The fourth-order valence-electron chi connectivity index (χ4n) is 3.80. The van der Waals surface area contributed by atoms with Gasteiger partial charge in [-0.15, -0.1) is 0 Å². The molecule has 8 nitrogen and oxygen atoms in total. The lowest BCUT2D eigenvalue weighted by molar-refractivity contribution is 0.0535. The first kappa shape index (κ1) is 23.7. The van der Waals surface area contributed by atoms with Gasteiger partial charge in [0.2, 0.25) is 10.0 Å². The number of carbonyl (C=O) groups excluding carboxylic acids is 2. The normalized spacial score (nSPS) is 14.3. The summed E-state index contributed by atoms with van der Waals surface area (Å²) in [7, 11) is -3.73. The van der Waals surface area contributed by atoms with Gasteiger partial charge in [-0.3, -0.25) is 9.59 Å². The molecule has 1 aliphatic heterocycles. The van der Waals surface area contributed by atoms with E-state index in [0.717, 1.165) is 6.42 Å². The summed E-state index contributed by atoms with van der Waals surface area (Å²) in [6.45, 7) is 3.85. The Morgan fingerprint density at radius 3 is 1.85 bits per heavy atom. The summed E-state index contributed by atoms with van der Waals surface area (Å²) in [6.07, 6.45) is 2.40. The van der Waals surface area contributed by atoms with E-state index in [9.17, 15) is 18.0 Å². The number of amides is 2. The standard InChI is InChI=1S/C25H27N3O5S/c1-2-19-5-7-20(8-6-19)24(29)27-13-15-28(16-14-27)25(30)21-9-11-23(12-10-21)34(31,32)26-18-22-4-3-17-33-22/h3-12,17,26H,2,13-16,18H2,1H3. The Morgan fingerprint density at radius 1 is 0.853 bits per heavy atom. The quantitative estimate of drug-likeness (QED) is 0.559. The first-order valence-corrected chi connectivity index (χ1v) is 12.7. The van der Waals surface area contributed by atoms with Gasteiger partial charge in [-0.2, -0.15) is 0 Å². The highest BCUT2D eigenvalue weighted by Gasteiger charge is 2.26. The first-order chi connectivity index (χ1) is 16.4. The Labute approximate surface area is 199 Å². The Kier molecular flexibility index (Phi) is 7.14. The molecule has 1 fully saturated rings. The molecule has 0 saturated carbocycles. The number of aryl methyl sites for hydroxylation is 1. The minimum absolute atomic E-state index is 0.0358. The van der Waals surface area contributed by atoms with Crippen molar-refractivity contribution in [3.8, 4) is 0 Å². The van der Waals surface area contributed by atoms with Gasteiger partial charge in [0.25, 0.3) is 11.8 Å². The molecule has 0 radical (unpaired) electrons. The van der Waals surface area contributed by atoms with Crippen LogP contribution in [0.25, 0.3) is 0 Å². The van der Waals surface area contributed by atoms with Crippen molar-refractivity contribution in [1.29, 1.82) is 0 Å². The Balaban J connectivity index is 1.33. The highest BCUT2D eigenvalue weighted by molar-refractivity contribution is 7.89. The van der Waals surface area contributed by atoms with Crippen molar-refractivity contribution < 1.29 is 22.4 Å². The van der Waals surface area contributed by atoms with Crippen LogP contribution in [0.15, 0.2) is 76.2 Å². The molecule has 3 aromatic rings. The van der Waals surface area contributed by atoms with E-state index in [4.69, 9.17) is 4.42 Å². The van der Waals surface area contributed by atoms with E-state index in [0.29, 0.717) is 43.1 Å². The zero-order valence-electron chi connectivity index (χ0n) is 18.9. The molecule has 2 aromatic carbocycles. The first-order valence-electron chi connectivity index (χ1n) is 11.2. The fraction of sp³-hybridized carbons (Fsp3) is 0.280. The van der Waals surface area contributed by atoms with E-state index in [-0.39, 0.29) is 23.3 Å². The minimum atomic E-state index is -3.73. The number of hydrogen-bond donors (Lipinski definition) is 1. The second-order valence-corrected chi connectivity index (χ2v) is 9.83. The Morgan fingerprint density at radius 2 is 1.38 bits per heavy atom. The third kappa shape index (κ3) is 5.37. The number of nitrogens with zero attached hydrogens (tertiary/aromatic N) is 2. The van der Waals surface area contributed by atoms with Crippen LogP contribution in [0.4, 0.5) is 0 Å². The Hall–Kier alpha value is -3.43. The SMILES string of the molecule is CCc1ccc(C(=O)N2CCN(C(=O)c3ccc(S(=O)(=O)NCc4ccco4)cc3)CC2)cc1. The molecule has 0 atom stereocenters. The van der Waals surface area contributed by atoms with Crippen molar-refractivity contribution in [1.82, 2.24) is 14.5 Å². The predicted octanol–water partition coefficient (Wildman–Crippen LogP) is 2.92. The lowest BCUT2D eigenvalue weighted by Crippen LogP contribution is -2.50. The molecule has 34 heavy (non-hydrogen) atoms. The smallest absolute Gasteiger partial charge is 0.253 e. The van der Waals surface area contributed by atoms with Gasteiger partial charge in [-0.25, -0.2) is 13.1 Å². The van der Waals surface area contributed by atoms with Gasteiger partial charge in [-0.05, 0) is 60.5 Å². The maximum Gasteiger partial charge on any atom is 0.253 e. The molecule has 1 N–H and O–H groups in total. The molecule has 0 unspecified atom stereocenters. The summed E-state index contributed by atoms with van der Waals surface area (Å²) in [5, 5.41) is 0. The second kappa shape index (κ2) is 10.2. The van der Waals surface area contributed by atoms with E-state index < -0.39 is 10.0 Å². The van der Waals surface area contributed by atoms with Crippen LogP contribution in [-0.4, -0.2) is 56.2 Å². The van der Waals surface area contributed by atoms with Gasteiger partial charge in [-0.1, -0.05) is 19.1 Å². The minimum Gasteiger partial charge on any atom is -0.468 e. The number of sulfonamides is 1. The molecule has 4 rings (SSSR count). The number of furan rings is 1. The van der Waals surface area contributed by atoms with E-state index in [2.05, 4.69) is 11.6 Å².